The van der Waals surface area contributed by atoms with Gasteiger partial charge < -0.3 is 5.32 Å². The molecule has 1 saturated heterocycles. The quantitative estimate of drug-likeness (QED) is 0.266. The summed E-state index contributed by atoms with van der Waals surface area (Å²) in [6, 6.07) is 16.1. The highest BCUT2D eigenvalue weighted by atomic mass is 16.5. The van der Waals surface area contributed by atoms with Gasteiger partial charge >= 0.3 is 0 Å². The van der Waals surface area contributed by atoms with Gasteiger partial charge in [0, 0.05) is 24.9 Å². The fourth-order valence-corrected chi connectivity index (χ4v) is 7.35. The van der Waals surface area contributed by atoms with Crippen molar-refractivity contribution in [1.29, 1.82) is 0 Å². The van der Waals surface area contributed by atoms with Crippen molar-refractivity contribution in [3.05, 3.63) is 71.3 Å². The minimum Gasteiger partial charge on any atom is -0.351 e. The molecule has 2 heterocycles. The summed E-state index contributed by atoms with van der Waals surface area (Å²) in [5.74, 6) is -0.0914. The van der Waals surface area contributed by atoms with Gasteiger partial charge in [-0.1, -0.05) is 68.7 Å². The van der Waals surface area contributed by atoms with Crippen LogP contribution in [0.15, 0.2) is 54.6 Å². The predicted octanol–water partition coefficient (Wildman–Crippen LogP) is 5.16. The van der Waals surface area contributed by atoms with Gasteiger partial charge in [0.2, 0.25) is 6.04 Å². The van der Waals surface area contributed by atoms with Gasteiger partial charge in [-0.3, -0.25) is 19.3 Å². The Morgan fingerprint density at radius 1 is 1.03 bits per heavy atom. The molecule has 0 radical (unpaired) electrons. The van der Waals surface area contributed by atoms with Gasteiger partial charge in [0.1, 0.15) is 13.1 Å². The summed E-state index contributed by atoms with van der Waals surface area (Å²) in [7, 11) is 0. The Morgan fingerprint density at radius 2 is 1.67 bits per heavy atom. The molecule has 1 saturated carbocycles. The van der Waals surface area contributed by atoms with Gasteiger partial charge in [0.05, 0.1) is 17.0 Å². The smallest absolute Gasteiger partial charge is 0.282 e. The summed E-state index contributed by atoms with van der Waals surface area (Å²) in [5.41, 5.74) is 1.97. The highest BCUT2D eigenvalue weighted by molar-refractivity contribution is 6.21. The second-order valence-corrected chi connectivity index (χ2v) is 11.8. The molecule has 0 spiro atoms. The standard InChI is InChI=1S/C32H41N3O4/c1-3-4-19-33-30(36)29-28(23-12-6-5-7-13-23)25-15-9-8-14-24(25)21-35(29,39)20-18-22(2)34-31(37)26-16-10-11-17-27(26)32(34)38/h5-7,10-13,16-17,22,24-25,28-29,39H,3-4,8-9,14-15,18-21H2,1-2H3/p+1/t22?,24-,25+,28?,29+,35-/m1/s1. The molecular formula is C32H42N3O4+. The molecular weight excluding hydrogens is 490 g/mol. The first kappa shape index (κ1) is 27.5. The van der Waals surface area contributed by atoms with Crippen LogP contribution in [-0.4, -0.2) is 64.2 Å². The molecule has 3 aliphatic rings. The van der Waals surface area contributed by atoms with Crippen LogP contribution in [-0.2, 0) is 4.79 Å². The topological polar surface area (TPSA) is 86.7 Å². The average molecular weight is 533 g/mol. The largest absolute Gasteiger partial charge is 0.351 e. The number of hydrogen-bond donors (Lipinski definition) is 2. The van der Waals surface area contributed by atoms with Gasteiger partial charge in [-0.25, -0.2) is 5.21 Å². The van der Waals surface area contributed by atoms with E-state index in [4.69, 9.17) is 0 Å². The molecule has 208 valence electrons. The van der Waals surface area contributed by atoms with Crippen LogP contribution in [0.1, 0.15) is 91.0 Å². The molecule has 2 aliphatic heterocycles. The second-order valence-electron chi connectivity index (χ2n) is 11.8. The van der Waals surface area contributed by atoms with Crippen molar-refractivity contribution >= 4 is 17.7 Å². The summed E-state index contributed by atoms with van der Waals surface area (Å²) >= 11 is 0. The number of nitrogens with zero attached hydrogens (tertiary/aromatic N) is 2. The maximum absolute atomic E-state index is 13.9. The third-order valence-electron chi connectivity index (χ3n) is 9.32. The first-order valence-electron chi connectivity index (χ1n) is 14.7. The maximum Gasteiger partial charge on any atom is 0.282 e. The van der Waals surface area contributed by atoms with Crippen molar-refractivity contribution in [2.75, 3.05) is 19.6 Å². The van der Waals surface area contributed by atoms with Crippen LogP contribution in [0.2, 0.25) is 0 Å². The van der Waals surface area contributed by atoms with Crippen molar-refractivity contribution in [3.8, 4) is 0 Å². The van der Waals surface area contributed by atoms with E-state index in [-0.39, 0.29) is 28.3 Å². The van der Waals surface area contributed by atoms with Crippen LogP contribution in [0.4, 0.5) is 0 Å². The number of carbonyl (C=O) groups excluding carboxylic acids is 3. The number of nitrogens with one attached hydrogen (secondary N) is 1. The lowest BCUT2D eigenvalue weighted by Gasteiger charge is -2.52. The minimum absolute atomic E-state index is 0.0912. The first-order chi connectivity index (χ1) is 18.9. The number of quaternary nitrogens is 1. The average Bonchev–Trinajstić information content (AvgIpc) is 3.21. The summed E-state index contributed by atoms with van der Waals surface area (Å²) in [6.07, 6.45) is 6.69. The number of piperidine rings is 1. The molecule has 7 nitrogen and oxygen atoms in total. The van der Waals surface area contributed by atoms with Gasteiger partial charge in [0.25, 0.3) is 17.7 Å². The lowest BCUT2D eigenvalue weighted by Crippen LogP contribution is -2.68. The third-order valence-corrected chi connectivity index (χ3v) is 9.32. The number of hydrogen-bond acceptors (Lipinski definition) is 4. The van der Waals surface area contributed by atoms with Crippen LogP contribution in [0, 0.1) is 11.8 Å². The number of amides is 3. The Bertz CT molecular complexity index is 1170. The molecule has 1 aliphatic carbocycles. The summed E-state index contributed by atoms with van der Waals surface area (Å²) < 4.78 is -0.355. The van der Waals surface area contributed by atoms with Crippen LogP contribution in [0.3, 0.4) is 0 Å². The number of fused-ring (bicyclic) bond motifs is 2. The molecule has 5 rings (SSSR count). The summed E-state index contributed by atoms with van der Waals surface area (Å²) in [6.45, 7) is 5.37. The summed E-state index contributed by atoms with van der Waals surface area (Å²) in [4.78, 5) is 41.4. The third kappa shape index (κ3) is 5.27. The van der Waals surface area contributed by atoms with E-state index in [1.807, 2.05) is 25.1 Å². The number of unbranched alkanes of at least 4 members (excludes halogenated alkanes) is 1. The Hall–Kier alpha value is -3.03. The molecule has 0 aromatic heterocycles. The van der Waals surface area contributed by atoms with Crippen molar-refractivity contribution < 1.29 is 24.2 Å². The van der Waals surface area contributed by atoms with E-state index in [0.717, 1.165) is 44.1 Å². The van der Waals surface area contributed by atoms with E-state index in [2.05, 4.69) is 24.4 Å². The van der Waals surface area contributed by atoms with Crippen molar-refractivity contribution in [2.45, 2.75) is 76.8 Å². The van der Waals surface area contributed by atoms with Gasteiger partial charge in [-0.15, -0.1) is 0 Å². The zero-order chi connectivity index (χ0) is 27.6. The monoisotopic (exact) mass is 532 g/mol. The molecule has 6 atom stereocenters. The Morgan fingerprint density at radius 3 is 2.33 bits per heavy atom. The van der Waals surface area contributed by atoms with E-state index in [9.17, 15) is 19.6 Å². The lowest BCUT2D eigenvalue weighted by molar-refractivity contribution is -1.12. The molecule has 39 heavy (non-hydrogen) atoms. The molecule has 2 aromatic rings. The second kappa shape index (κ2) is 11.6. The molecule has 3 amide bonds. The fraction of sp³-hybridized carbons (Fsp3) is 0.531. The fourth-order valence-electron chi connectivity index (χ4n) is 7.35. The molecule has 2 fully saturated rings. The van der Waals surface area contributed by atoms with Gasteiger partial charge in [-0.2, -0.15) is 4.65 Å². The zero-order valence-electron chi connectivity index (χ0n) is 23.2. The molecule has 7 heteroatoms. The number of rotatable bonds is 9. The molecule has 0 bridgehead atoms. The Kier molecular flexibility index (Phi) is 8.19. The van der Waals surface area contributed by atoms with Crippen molar-refractivity contribution in [3.63, 3.8) is 0 Å². The van der Waals surface area contributed by atoms with Crippen molar-refractivity contribution in [1.82, 2.24) is 10.2 Å². The van der Waals surface area contributed by atoms with E-state index >= 15 is 0 Å². The van der Waals surface area contributed by atoms with Crippen LogP contribution < -0.4 is 5.32 Å². The summed E-state index contributed by atoms with van der Waals surface area (Å²) in [5, 5.41) is 15.6. The normalized spacial score (nSPS) is 29.1. The number of carbonyl (C=O) groups is 3. The van der Waals surface area contributed by atoms with E-state index < -0.39 is 12.1 Å². The van der Waals surface area contributed by atoms with Crippen molar-refractivity contribution in [2.24, 2.45) is 11.8 Å². The minimum atomic E-state index is -0.641. The molecule has 2 N–H and O–H groups in total. The first-order valence-corrected chi connectivity index (χ1v) is 14.7. The predicted molar refractivity (Wildman–Crippen MR) is 149 cm³/mol. The zero-order valence-corrected chi connectivity index (χ0v) is 23.2. The van der Waals surface area contributed by atoms with Crippen LogP contribution in [0.25, 0.3) is 0 Å². The SMILES string of the molecule is CCCCNC(=O)[C@@H]1C(c2ccccc2)[C@H]2CCCC[C@@H]2C[N@+]1(O)CCC(C)N1C(=O)c2ccccc2C1=O. The number of likely N-dealkylation sites (tertiary alicyclic amines) is 1. The van der Waals surface area contributed by atoms with E-state index in [1.54, 1.807) is 24.3 Å². The van der Waals surface area contributed by atoms with Crippen LogP contribution >= 0.6 is 0 Å². The lowest BCUT2D eigenvalue weighted by atomic mass is 9.64. The van der Waals surface area contributed by atoms with E-state index in [0.29, 0.717) is 49.0 Å². The highest BCUT2D eigenvalue weighted by Gasteiger charge is 2.57. The highest BCUT2D eigenvalue weighted by Crippen LogP contribution is 2.49. The Balaban J connectivity index is 1.43. The Labute approximate surface area is 231 Å². The van der Waals surface area contributed by atoms with Gasteiger partial charge in [0.15, 0.2) is 0 Å². The van der Waals surface area contributed by atoms with E-state index in [1.165, 1.54) is 4.90 Å². The number of benzene rings is 2. The maximum atomic E-state index is 13.9. The molecule has 2 unspecified atom stereocenters. The van der Waals surface area contributed by atoms with Gasteiger partial charge in [-0.05, 0) is 49.8 Å². The molecule has 2 aromatic carbocycles. The number of hydroxylamine groups is 3. The number of imide groups is 1. The van der Waals surface area contributed by atoms with Crippen LogP contribution in [0.5, 0.6) is 0 Å².